The third-order valence-electron chi connectivity index (χ3n) is 5.90. The minimum absolute atomic E-state index is 0.152. The van der Waals surface area contributed by atoms with Gasteiger partial charge in [0.2, 0.25) is 0 Å². The van der Waals surface area contributed by atoms with Crippen molar-refractivity contribution in [3.05, 3.63) is 38.7 Å². The molecule has 0 unspecified atom stereocenters. The summed E-state index contributed by atoms with van der Waals surface area (Å²) in [4.78, 5) is 32.6. The van der Waals surface area contributed by atoms with E-state index in [1.165, 1.54) is 46.4 Å². The molecule has 3 aromatic heterocycles. The standard InChI is InChI=1S/C22H27N5OS2/c1-25(2)14-18-23-20(19-15-6-3-4-7-16(15)30-21(19)24-18)26-9-11-27(12-10-26)22(28)17-8-5-13-29-17/h5,8,13H,3-4,6-7,9-12,14H2,1-2H3. The summed E-state index contributed by atoms with van der Waals surface area (Å²) in [5.41, 5.74) is 1.48. The first-order valence-corrected chi connectivity index (χ1v) is 12.3. The molecule has 6 nitrogen and oxygen atoms in total. The summed E-state index contributed by atoms with van der Waals surface area (Å²) in [6.45, 7) is 3.84. The molecule has 1 amide bonds. The lowest BCUT2D eigenvalue weighted by Gasteiger charge is -2.35. The van der Waals surface area contributed by atoms with Gasteiger partial charge in [-0.05, 0) is 56.8 Å². The number of hydrogen-bond acceptors (Lipinski definition) is 7. The Morgan fingerprint density at radius 1 is 1.13 bits per heavy atom. The molecule has 1 saturated heterocycles. The highest BCUT2D eigenvalue weighted by molar-refractivity contribution is 7.19. The highest BCUT2D eigenvalue weighted by Gasteiger charge is 2.28. The quantitative estimate of drug-likeness (QED) is 0.619. The molecule has 4 heterocycles. The maximum absolute atomic E-state index is 12.7. The van der Waals surface area contributed by atoms with E-state index in [-0.39, 0.29) is 5.91 Å². The molecule has 158 valence electrons. The molecule has 0 spiro atoms. The van der Waals surface area contributed by atoms with E-state index in [1.54, 1.807) is 0 Å². The van der Waals surface area contributed by atoms with Crippen LogP contribution in [0, 0.1) is 0 Å². The van der Waals surface area contributed by atoms with E-state index < -0.39 is 0 Å². The molecule has 2 aliphatic rings. The fourth-order valence-electron chi connectivity index (χ4n) is 4.44. The number of amides is 1. The van der Waals surface area contributed by atoms with Crippen LogP contribution in [0.2, 0.25) is 0 Å². The van der Waals surface area contributed by atoms with Gasteiger partial charge in [0.1, 0.15) is 16.5 Å². The smallest absolute Gasteiger partial charge is 0.264 e. The van der Waals surface area contributed by atoms with Gasteiger partial charge in [0, 0.05) is 31.1 Å². The fraction of sp³-hybridized carbons (Fsp3) is 0.500. The maximum Gasteiger partial charge on any atom is 0.264 e. The van der Waals surface area contributed by atoms with Crippen LogP contribution in [0.25, 0.3) is 10.2 Å². The number of nitrogens with zero attached hydrogens (tertiary/aromatic N) is 5. The Hall–Kier alpha value is -2.03. The lowest BCUT2D eigenvalue weighted by Crippen LogP contribution is -2.49. The first kappa shape index (κ1) is 19.9. The molecule has 1 aliphatic heterocycles. The van der Waals surface area contributed by atoms with E-state index in [1.807, 2.05) is 33.7 Å². The molecule has 5 rings (SSSR count). The van der Waals surface area contributed by atoms with Crippen LogP contribution >= 0.6 is 22.7 Å². The van der Waals surface area contributed by atoms with Gasteiger partial charge in [-0.2, -0.15) is 0 Å². The van der Waals surface area contributed by atoms with Gasteiger partial charge >= 0.3 is 0 Å². The molecule has 8 heteroatoms. The Labute approximate surface area is 185 Å². The van der Waals surface area contributed by atoms with Gasteiger partial charge in [0.25, 0.3) is 5.91 Å². The monoisotopic (exact) mass is 441 g/mol. The predicted molar refractivity (Wildman–Crippen MR) is 124 cm³/mol. The fourth-order valence-corrected chi connectivity index (χ4v) is 6.41. The molecule has 0 radical (unpaired) electrons. The van der Waals surface area contributed by atoms with Crippen molar-refractivity contribution >= 4 is 44.6 Å². The van der Waals surface area contributed by atoms with Crippen molar-refractivity contribution in [2.45, 2.75) is 32.2 Å². The molecule has 30 heavy (non-hydrogen) atoms. The largest absolute Gasteiger partial charge is 0.352 e. The van der Waals surface area contributed by atoms with Crippen LogP contribution in [0.15, 0.2) is 17.5 Å². The van der Waals surface area contributed by atoms with Crippen LogP contribution in [0.5, 0.6) is 0 Å². The van der Waals surface area contributed by atoms with E-state index in [4.69, 9.17) is 9.97 Å². The number of piperazine rings is 1. The van der Waals surface area contributed by atoms with Crippen LogP contribution in [-0.4, -0.2) is 65.9 Å². The molecule has 0 aromatic carbocycles. The Kier molecular flexibility index (Phi) is 5.47. The van der Waals surface area contributed by atoms with Gasteiger partial charge in [0.05, 0.1) is 16.8 Å². The average Bonchev–Trinajstić information content (AvgIpc) is 3.40. The average molecular weight is 442 g/mol. The maximum atomic E-state index is 12.7. The molecular weight excluding hydrogens is 414 g/mol. The van der Waals surface area contributed by atoms with Crippen LogP contribution in [0.3, 0.4) is 0 Å². The number of hydrogen-bond donors (Lipinski definition) is 0. The van der Waals surface area contributed by atoms with E-state index in [9.17, 15) is 4.79 Å². The van der Waals surface area contributed by atoms with Crippen molar-refractivity contribution < 1.29 is 4.79 Å². The summed E-state index contributed by atoms with van der Waals surface area (Å²) in [5, 5.41) is 3.24. The van der Waals surface area contributed by atoms with Crippen molar-refractivity contribution in [3.8, 4) is 0 Å². The van der Waals surface area contributed by atoms with Crippen molar-refractivity contribution in [1.29, 1.82) is 0 Å². The third-order valence-corrected chi connectivity index (χ3v) is 7.94. The van der Waals surface area contributed by atoms with Crippen molar-refractivity contribution in [2.75, 3.05) is 45.2 Å². The van der Waals surface area contributed by atoms with Gasteiger partial charge in [-0.1, -0.05) is 6.07 Å². The van der Waals surface area contributed by atoms with Crippen LogP contribution in [0.1, 0.15) is 38.8 Å². The minimum atomic E-state index is 0.152. The number of fused-ring (bicyclic) bond motifs is 3. The molecule has 0 bridgehead atoms. The molecule has 0 saturated carbocycles. The summed E-state index contributed by atoms with van der Waals surface area (Å²) in [6.07, 6.45) is 4.83. The number of anilines is 1. The van der Waals surface area contributed by atoms with Gasteiger partial charge < -0.3 is 14.7 Å². The zero-order valence-corrected chi connectivity index (χ0v) is 19.2. The SMILES string of the molecule is CN(C)Cc1nc(N2CCN(C(=O)c3cccs3)CC2)c2c3c(sc2n1)CCCC3. The first-order valence-electron chi connectivity index (χ1n) is 10.6. The van der Waals surface area contributed by atoms with Crippen LogP contribution < -0.4 is 4.90 Å². The highest BCUT2D eigenvalue weighted by Crippen LogP contribution is 2.40. The molecular formula is C22H27N5OS2. The lowest BCUT2D eigenvalue weighted by molar-refractivity contribution is 0.0751. The predicted octanol–water partition coefficient (Wildman–Crippen LogP) is 3.66. The number of carbonyl (C=O) groups excluding carboxylic acids is 1. The third kappa shape index (κ3) is 3.72. The molecule has 1 aliphatic carbocycles. The van der Waals surface area contributed by atoms with Gasteiger partial charge in [-0.15, -0.1) is 22.7 Å². The Balaban J connectivity index is 1.45. The Morgan fingerprint density at radius 2 is 1.93 bits per heavy atom. The highest BCUT2D eigenvalue weighted by atomic mass is 32.1. The molecule has 1 fully saturated rings. The van der Waals surface area contributed by atoms with E-state index >= 15 is 0 Å². The van der Waals surface area contributed by atoms with Crippen LogP contribution in [0.4, 0.5) is 5.82 Å². The van der Waals surface area contributed by atoms with Gasteiger partial charge in [0.15, 0.2) is 0 Å². The number of thiophene rings is 2. The van der Waals surface area contributed by atoms with Crippen molar-refractivity contribution in [2.24, 2.45) is 0 Å². The second-order valence-electron chi connectivity index (χ2n) is 8.35. The number of rotatable bonds is 4. The molecule has 3 aromatic rings. The zero-order chi connectivity index (χ0) is 20.7. The molecule has 0 N–H and O–H groups in total. The summed E-state index contributed by atoms with van der Waals surface area (Å²) >= 11 is 3.38. The van der Waals surface area contributed by atoms with Gasteiger partial charge in [-0.25, -0.2) is 9.97 Å². The van der Waals surface area contributed by atoms with E-state index in [0.717, 1.165) is 60.5 Å². The summed E-state index contributed by atoms with van der Waals surface area (Å²) in [6, 6.07) is 3.86. The van der Waals surface area contributed by atoms with E-state index in [0.29, 0.717) is 0 Å². The minimum Gasteiger partial charge on any atom is -0.352 e. The topological polar surface area (TPSA) is 52.6 Å². The molecule has 0 atom stereocenters. The summed E-state index contributed by atoms with van der Waals surface area (Å²) in [7, 11) is 4.11. The first-order chi connectivity index (χ1) is 14.6. The Morgan fingerprint density at radius 3 is 2.67 bits per heavy atom. The summed E-state index contributed by atoms with van der Waals surface area (Å²) < 4.78 is 0. The lowest BCUT2D eigenvalue weighted by atomic mass is 9.97. The normalized spacial score (nSPS) is 17.0. The second kappa shape index (κ2) is 8.24. The van der Waals surface area contributed by atoms with Crippen molar-refractivity contribution in [1.82, 2.24) is 19.8 Å². The Bertz CT molecular complexity index is 1050. The van der Waals surface area contributed by atoms with Crippen LogP contribution in [-0.2, 0) is 19.4 Å². The van der Waals surface area contributed by atoms with Gasteiger partial charge in [-0.3, -0.25) is 4.79 Å². The number of aryl methyl sites for hydroxylation is 2. The van der Waals surface area contributed by atoms with E-state index in [2.05, 4.69) is 23.9 Å². The zero-order valence-electron chi connectivity index (χ0n) is 17.6. The second-order valence-corrected chi connectivity index (χ2v) is 10.4. The van der Waals surface area contributed by atoms with Crippen molar-refractivity contribution in [3.63, 3.8) is 0 Å². The number of carbonyl (C=O) groups is 1. The number of aromatic nitrogens is 2. The summed E-state index contributed by atoms with van der Waals surface area (Å²) in [5.74, 6) is 2.12.